The van der Waals surface area contributed by atoms with Crippen LogP contribution in [-0.4, -0.2) is 24.0 Å². The standard InChI is InChI=1S/C17H23NO3/c1-11-8-12(2)10-14(9-11)17(20)21-13(3)16(19)18-15-6-4-5-7-15/h8-10,13,15H,4-7H2,1-3H3,(H,18,19)/t13-/m0/s1. The molecule has 0 bridgehead atoms. The maximum absolute atomic E-state index is 12.1. The predicted octanol–water partition coefficient (Wildman–Crippen LogP) is 2.91. The number of ether oxygens (including phenoxy) is 1. The summed E-state index contributed by atoms with van der Waals surface area (Å²) < 4.78 is 5.27. The van der Waals surface area contributed by atoms with Gasteiger partial charge in [-0.05, 0) is 45.7 Å². The number of nitrogens with one attached hydrogen (secondary N) is 1. The van der Waals surface area contributed by atoms with Gasteiger partial charge in [0.15, 0.2) is 6.10 Å². The van der Waals surface area contributed by atoms with Crippen LogP contribution in [-0.2, 0) is 9.53 Å². The number of hydrogen-bond donors (Lipinski definition) is 1. The average molecular weight is 289 g/mol. The smallest absolute Gasteiger partial charge is 0.338 e. The fraction of sp³-hybridized carbons (Fsp3) is 0.529. The molecule has 1 N–H and O–H groups in total. The minimum Gasteiger partial charge on any atom is -0.449 e. The Kier molecular flexibility index (Phi) is 4.99. The highest BCUT2D eigenvalue weighted by Gasteiger charge is 2.23. The second-order valence-electron chi connectivity index (χ2n) is 5.91. The van der Waals surface area contributed by atoms with Gasteiger partial charge in [0.05, 0.1) is 5.56 Å². The maximum Gasteiger partial charge on any atom is 0.338 e. The van der Waals surface area contributed by atoms with E-state index in [4.69, 9.17) is 4.74 Å². The van der Waals surface area contributed by atoms with Crippen molar-refractivity contribution in [3.8, 4) is 0 Å². The van der Waals surface area contributed by atoms with Crippen LogP contribution in [0.25, 0.3) is 0 Å². The van der Waals surface area contributed by atoms with E-state index >= 15 is 0 Å². The largest absolute Gasteiger partial charge is 0.449 e. The van der Waals surface area contributed by atoms with Gasteiger partial charge in [-0.2, -0.15) is 0 Å². The monoisotopic (exact) mass is 289 g/mol. The molecule has 1 aliphatic rings. The van der Waals surface area contributed by atoms with Gasteiger partial charge in [0.25, 0.3) is 5.91 Å². The van der Waals surface area contributed by atoms with Crippen LogP contribution in [0.1, 0.15) is 54.1 Å². The lowest BCUT2D eigenvalue weighted by atomic mass is 10.1. The zero-order valence-electron chi connectivity index (χ0n) is 12.9. The van der Waals surface area contributed by atoms with Gasteiger partial charge < -0.3 is 10.1 Å². The average Bonchev–Trinajstić information content (AvgIpc) is 2.90. The summed E-state index contributed by atoms with van der Waals surface area (Å²) in [6.07, 6.45) is 3.58. The van der Waals surface area contributed by atoms with Gasteiger partial charge in [-0.15, -0.1) is 0 Å². The SMILES string of the molecule is Cc1cc(C)cc(C(=O)O[C@@H](C)C(=O)NC2CCCC2)c1. The molecule has 1 aliphatic carbocycles. The second kappa shape index (κ2) is 6.74. The second-order valence-corrected chi connectivity index (χ2v) is 5.91. The number of esters is 1. The first-order valence-electron chi connectivity index (χ1n) is 7.55. The van der Waals surface area contributed by atoms with E-state index in [0.717, 1.165) is 36.8 Å². The van der Waals surface area contributed by atoms with Crippen LogP contribution >= 0.6 is 0 Å². The van der Waals surface area contributed by atoms with Gasteiger partial charge >= 0.3 is 5.97 Å². The molecule has 1 amide bonds. The molecule has 1 aromatic carbocycles. The van der Waals surface area contributed by atoms with E-state index in [1.165, 1.54) is 0 Å². The third-order valence-electron chi connectivity index (χ3n) is 3.81. The van der Waals surface area contributed by atoms with Crippen molar-refractivity contribution in [1.82, 2.24) is 5.32 Å². The topological polar surface area (TPSA) is 55.4 Å². The Morgan fingerprint density at radius 2 is 1.71 bits per heavy atom. The van der Waals surface area contributed by atoms with E-state index in [2.05, 4.69) is 5.32 Å². The molecule has 1 aromatic rings. The normalized spacial score (nSPS) is 16.5. The minimum absolute atomic E-state index is 0.209. The van der Waals surface area contributed by atoms with Crippen molar-refractivity contribution in [1.29, 1.82) is 0 Å². The molecular formula is C17H23NO3. The molecule has 0 spiro atoms. The third-order valence-corrected chi connectivity index (χ3v) is 3.81. The molecule has 114 valence electrons. The van der Waals surface area contributed by atoms with Crippen molar-refractivity contribution in [2.45, 2.75) is 58.6 Å². The molecule has 0 saturated heterocycles. The summed E-state index contributed by atoms with van der Waals surface area (Å²) in [5, 5.41) is 2.94. The van der Waals surface area contributed by atoms with Crippen LogP contribution in [0.5, 0.6) is 0 Å². The highest BCUT2D eigenvalue weighted by Crippen LogP contribution is 2.18. The number of benzene rings is 1. The van der Waals surface area contributed by atoms with Crippen LogP contribution < -0.4 is 5.32 Å². The molecule has 0 radical (unpaired) electrons. The summed E-state index contributed by atoms with van der Waals surface area (Å²) in [6, 6.07) is 5.78. The van der Waals surface area contributed by atoms with Crippen LogP contribution in [0.15, 0.2) is 18.2 Å². The van der Waals surface area contributed by atoms with E-state index in [-0.39, 0.29) is 11.9 Å². The lowest BCUT2D eigenvalue weighted by molar-refractivity contribution is -0.129. The van der Waals surface area contributed by atoms with Crippen molar-refractivity contribution in [2.75, 3.05) is 0 Å². The quantitative estimate of drug-likeness (QED) is 0.867. The number of aryl methyl sites for hydroxylation is 2. The number of amides is 1. The Morgan fingerprint density at radius 3 is 2.29 bits per heavy atom. The van der Waals surface area contributed by atoms with Crippen LogP contribution in [0.2, 0.25) is 0 Å². The van der Waals surface area contributed by atoms with E-state index < -0.39 is 12.1 Å². The lowest BCUT2D eigenvalue weighted by Crippen LogP contribution is -2.40. The molecule has 0 unspecified atom stereocenters. The van der Waals surface area contributed by atoms with Gasteiger partial charge in [-0.1, -0.05) is 30.0 Å². The lowest BCUT2D eigenvalue weighted by Gasteiger charge is -2.17. The van der Waals surface area contributed by atoms with Gasteiger partial charge in [-0.25, -0.2) is 4.79 Å². The Labute approximate surface area is 125 Å². The maximum atomic E-state index is 12.1. The van der Waals surface area contributed by atoms with Crippen molar-refractivity contribution in [3.63, 3.8) is 0 Å². The van der Waals surface area contributed by atoms with Gasteiger partial charge in [-0.3, -0.25) is 4.79 Å². The summed E-state index contributed by atoms with van der Waals surface area (Å²) in [6.45, 7) is 5.48. The van der Waals surface area contributed by atoms with Gasteiger partial charge in [0.1, 0.15) is 0 Å². The number of carbonyl (C=O) groups excluding carboxylic acids is 2. The zero-order valence-corrected chi connectivity index (χ0v) is 12.9. The fourth-order valence-corrected chi connectivity index (χ4v) is 2.76. The zero-order chi connectivity index (χ0) is 15.4. The molecule has 0 aromatic heterocycles. The molecular weight excluding hydrogens is 266 g/mol. The number of carbonyl (C=O) groups is 2. The molecule has 4 nitrogen and oxygen atoms in total. The molecule has 21 heavy (non-hydrogen) atoms. The van der Waals surface area contributed by atoms with Crippen molar-refractivity contribution < 1.29 is 14.3 Å². The third kappa shape index (κ3) is 4.31. The van der Waals surface area contributed by atoms with Gasteiger partial charge in [0, 0.05) is 6.04 Å². The first kappa shape index (κ1) is 15.5. The Balaban J connectivity index is 1.93. The highest BCUT2D eigenvalue weighted by molar-refractivity contribution is 5.92. The van der Waals surface area contributed by atoms with E-state index in [9.17, 15) is 9.59 Å². The van der Waals surface area contributed by atoms with E-state index in [0.29, 0.717) is 5.56 Å². The van der Waals surface area contributed by atoms with E-state index in [1.807, 2.05) is 19.9 Å². The van der Waals surface area contributed by atoms with Crippen LogP contribution in [0.3, 0.4) is 0 Å². The Bertz CT molecular complexity index is 513. The van der Waals surface area contributed by atoms with Crippen molar-refractivity contribution >= 4 is 11.9 Å². The molecule has 1 fully saturated rings. The molecule has 2 rings (SSSR count). The summed E-state index contributed by atoms with van der Waals surface area (Å²) in [5.41, 5.74) is 2.50. The first-order valence-corrected chi connectivity index (χ1v) is 7.55. The van der Waals surface area contributed by atoms with Crippen LogP contribution in [0, 0.1) is 13.8 Å². The van der Waals surface area contributed by atoms with Gasteiger partial charge in [0.2, 0.25) is 0 Å². The highest BCUT2D eigenvalue weighted by atomic mass is 16.5. The van der Waals surface area contributed by atoms with Crippen LogP contribution in [0.4, 0.5) is 0 Å². The molecule has 1 saturated carbocycles. The Morgan fingerprint density at radius 1 is 1.14 bits per heavy atom. The number of hydrogen-bond acceptors (Lipinski definition) is 3. The number of rotatable bonds is 4. The summed E-state index contributed by atoms with van der Waals surface area (Å²) in [7, 11) is 0. The summed E-state index contributed by atoms with van der Waals surface area (Å²) in [5.74, 6) is -0.657. The minimum atomic E-state index is -0.765. The molecule has 0 aliphatic heterocycles. The molecule has 0 heterocycles. The van der Waals surface area contributed by atoms with Crippen molar-refractivity contribution in [3.05, 3.63) is 34.9 Å². The first-order chi connectivity index (χ1) is 9.95. The van der Waals surface area contributed by atoms with Crippen molar-refractivity contribution in [2.24, 2.45) is 0 Å². The summed E-state index contributed by atoms with van der Waals surface area (Å²) >= 11 is 0. The molecule has 4 heteroatoms. The predicted molar refractivity (Wildman–Crippen MR) is 81.2 cm³/mol. The Hall–Kier alpha value is -1.84. The molecule has 1 atom stereocenters. The fourth-order valence-electron chi connectivity index (χ4n) is 2.76. The van der Waals surface area contributed by atoms with E-state index in [1.54, 1.807) is 19.1 Å². The summed E-state index contributed by atoms with van der Waals surface area (Å²) in [4.78, 5) is 24.1.